The summed E-state index contributed by atoms with van der Waals surface area (Å²) >= 11 is 0. The maximum atomic E-state index is 11.9. The van der Waals surface area contributed by atoms with Crippen LogP contribution in [-0.2, 0) is 6.61 Å². The Bertz CT molecular complexity index is 324. The zero-order valence-electron chi connectivity index (χ0n) is 7.41. The Hall–Kier alpha value is -1.42. The van der Waals surface area contributed by atoms with Gasteiger partial charge in [-0.15, -0.1) is 0 Å². The van der Waals surface area contributed by atoms with Crippen LogP contribution in [-0.4, -0.2) is 11.7 Å². The summed E-state index contributed by atoms with van der Waals surface area (Å²) in [5.41, 5.74) is 0.911. The number of aliphatic hydroxyl groups is 1. The fourth-order valence-corrected chi connectivity index (χ4v) is 1.15. The molecular formula is C10H10F2O2. The Morgan fingerprint density at radius 1 is 1.50 bits per heavy atom. The fraction of sp³-hybridized carbons (Fsp3) is 0.200. The van der Waals surface area contributed by atoms with Gasteiger partial charge in [-0.1, -0.05) is 24.8 Å². The van der Waals surface area contributed by atoms with Gasteiger partial charge in [0.05, 0.1) is 6.61 Å². The van der Waals surface area contributed by atoms with Gasteiger partial charge in [-0.2, -0.15) is 8.78 Å². The lowest BCUT2D eigenvalue weighted by atomic mass is 10.1. The lowest BCUT2D eigenvalue weighted by Crippen LogP contribution is -2.05. The number of halogens is 2. The minimum atomic E-state index is -2.89. The van der Waals surface area contributed by atoms with E-state index in [-0.39, 0.29) is 12.4 Å². The summed E-state index contributed by atoms with van der Waals surface area (Å²) in [6.07, 6.45) is 1.48. The Labute approximate surface area is 80.4 Å². The molecule has 0 amide bonds. The first-order valence-corrected chi connectivity index (χ1v) is 3.99. The lowest BCUT2D eigenvalue weighted by Gasteiger charge is -2.10. The van der Waals surface area contributed by atoms with Crippen LogP contribution >= 0.6 is 0 Å². The quantitative estimate of drug-likeness (QED) is 0.808. The highest BCUT2D eigenvalue weighted by atomic mass is 19.3. The van der Waals surface area contributed by atoms with E-state index >= 15 is 0 Å². The predicted molar refractivity (Wildman–Crippen MR) is 49.1 cm³/mol. The molecule has 4 heteroatoms. The Kier molecular flexibility index (Phi) is 3.59. The molecule has 1 rings (SSSR count). The molecule has 0 atom stereocenters. The van der Waals surface area contributed by atoms with Crippen molar-refractivity contribution in [2.45, 2.75) is 13.2 Å². The Morgan fingerprint density at radius 2 is 2.21 bits per heavy atom. The average Bonchev–Trinajstić information content (AvgIpc) is 2.16. The molecule has 0 saturated carbocycles. The van der Waals surface area contributed by atoms with Crippen molar-refractivity contribution in [3.8, 4) is 5.75 Å². The molecule has 1 aromatic carbocycles. The number of alkyl halides is 2. The average molecular weight is 200 g/mol. The SMILES string of the molecule is C=Cc1cccc(OC(F)F)c1CO. The molecule has 0 aliphatic heterocycles. The normalized spacial score (nSPS) is 10.3. The van der Waals surface area contributed by atoms with Crippen LogP contribution in [0.25, 0.3) is 6.08 Å². The van der Waals surface area contributed by atoms with Crippen molar-refractivity contribution in [2.75, 3.05) is 0 Å². The van der Waals surface area contributed by atoms with Crippen LogP contribution in [0.15, 0.2) is 24.8 Å². The molecule has 0 fully saturated rings. The molecule has 0 bridgehead atoms. The molecule has 0 unspecified atom stereocenters. The van der Waals surface area contributed by atoms with E-state index in [0.717, 1.165) is 0 Å². The number of hydrogen-bond donors (Lipinski definition) is 1. The third kappa shape index (κ3) is 2.29. The van der Waals surface area contributed by atoms with Crippen molar-refractivity contribution in [3.63, 3.8) is 0 Å². The molecule has 14 heavy (non-hydrogen) atoms. The molecule has 0 heterocycles. The standard InChI is InChI=1S/C10H10F2O2/c1-2-7-4-3-5-9(8(7)6-13)14-10(11)12/h2-5,10,13H,1,6H2. The van der Waals surface area contributed by atoms with E-state index in [9.17, 15) is 8.78 Å². The van der Waals surface area contributed by atoms with Gasteiger partial charge in [0.25, 0.3) is 0 Å². The summed E-state index contributed by atoms with van der Waals surface area (Å²) in [6, 6.07) is 4.61. The second-order valence-corrected chi connectivity index (χ2v) is 2.56. The monoisotopic (exact) mass is 200 g/mol. The molecule has 0 aliphatic carbocycles. The second-order valence-electron chi connectivity index (χ2n) is 2.56. The van der Waals surface area contributed by atoms with E-state index in [1.54, 1.807) is 12.1 Å². The zero-order valence-corrected chi connectivity index (χ0v) is 7.41. The van der Waals surface area contributed by atoms with Gasteiger partial charge in [-0.25, -0.2) is 0 Å². The first-order chi connectivity index (χ1) is 6.69. The molecule has 0 radical (unpaired) electrons. The smallest absolute Gasteiger partial charge is 0.387 e. The van der Waals surface area contributed by atoms with Crippen molar-refractivity contribution < 1.29 is 18.6 Å². The molecule has 1 N–H and O–H groups in total. The van der Waals surface area contributed by atoms with Gasteiger partial charge in [0.2, 0.25) is 0 Å². The van der Waals surface area contributed by atoms with E-state index in [0.29, 0.717) is 11.1 Å². The summed E-state index contributed by atoms with van der Waals surface area (Å²) in [7, 11) is 0. The fourth-order valence-electron chi connectivity index (χ4n) is 1.15. The predicted octanol–water partition coefficient (Wildman–Crippen LogP) is 2.42. The van der Waals surface area contributed by atoms with Gasteiger partial charge in [0, 0.05) is 5.56 Å². The molecule has 0 spiro atoms. The van der Waals surface area contributed by atoms with Crippen molar-refractivity contribution in [2.24, 2.45) is 0 Å². The van der Waals surface area contributed by atoms with Crippen LogP contribution in [0.3, 0.4) is 0 Å². The zero-order chi connectivity index (χ0) is 10.6. The topological polar surface area (TPSA) is 29.5 Å². The van der Waals surface area contributed by atoms with Gasteiger partial charge in [-0.05, 0) is 11.6 Å². The van der Waals surface area contributed by atoms with E-state index < -0.39 is 6.61 Å². The minimum Gasteiger partial charge on any atom is -0.434 e. The highest BCUT2D eigenvalue weighted by Crippen LogP contribution is 2.24. The van der Waals surface area contributed by atoms with E-state index in [1.165, 1.54) is 12.1 Å². The van der Waals surface area contributed by atoms with Gasteiger partial charge in [-0.3, -0.25) is 0 Å². The van der Waals surface area contributed by atoms with Crippen molar-refractivity contribution in [1.29, 1.82) is 0 Å². The maximum Gasteiger partial charge on any atom is 0.387 e. The maximum absolute atomic E-state index is 11.9. The largest absolute Gasteiger partial charge is 0.434 e. The summed E-state index contributed by atoms with van der Waals surface area (Å²) in [5, 5.41) is 8.97. The first kappa shape index (κ1) is 10.7. The summed E-state index contributed by atoms with van der Waals surface area (Å²) in [4.78, 5) is 0. The van der Waals surface area contributed by atoms with Crippen LogP contribution in [0, 0.1) is 0 Å². The van der Waals surface area contributed by atoms with Crippen LogP contribution < -0.4 is 4.74 Å². The second kappa shape index (κ2) is 4.72. The summed E-state index contributed by atoms with van der Waals surface area (Å²) in [5.74, 6) is -0.0140. The van der Waals surface area contributed by atoms with Gasteiger partial charge < -0.3 is 9.84 Å². The molecule has 0 saturated heterocycles. The molecule has 0 aromatic heterocycles. The van der Waals surface area contributed by atoms with Crippen LogP contribution in [0.5, 0.6) is 5.75 Å². The highest BCUT2D eigenvalue weighted by Gasteiger charge is 2.10. The molecular weight excluding hydrogens is 190 g/mol. The molecule has 1 aromatic rings. The van der Waals surface area contributed by atoms with Gasteiger partial charge >= 0.3 is 6.61 Å². The van der Waals surface area contributed by atoms with E-state index in [1.807, 2.05) is 0 Å². The molecule has 2 nitrogen and oxygen atoms in total. The van der Waals surface area contributed by atoms with Crippen LogP contribution in [0.4, 0.5) is 8.78 Å². The summed E-state index contributed by atoms with van der Waals surface area (Å²) < 4.78 is 28.1. The third-order valence-corrected chi connectivity index (χ3v) is 1.76. The van der Waals surface area contributed by atoms with Crippen LogP contribution in [0.1, 0.15) is 11.1 Å². The Balaban J connectivity index is 3.08. The van der Waals surface area contributed by atoms with E-state index in [2.05, 4.69) is 11.3 Å². The number of rotatable bonds is 4. The Morgan fingerprint density at radius 3 is 2.71 bits per heavy atom. The van der Waals surface area contributed by atoms with Crippen LogP contribution in [0.2, 0.25) is 0 Å². The van der Waals surface area contributed by atoms with Crippen molar-refractivity contribution >= 4 is 6.08 Å². The molecule has 76 valence electrons. The third-order valence-electron chi connectivity index (χ3n) is 1.76. The summed E-state index contributed by atoms with van der Waals surface area (Å²) in [6.45, 7) is 0.260. The minimum absolute atomic E-state index is 0.0140. The number of aliphatic hydroxyl groups excluding tert-OH is 1. The first-order valence-electron chi connectivity index (χ1n) is 3.99. The van der Waals surface area contributed by atoms with Gasteiger partial charge in [0.1, 0.15) is 5.75 Å². The van der Waals surface area contributed by atoms with Gasteiger partial charge in [0.15, 0.2) is 0 Å². The number of benzene rings is 1. The molecule has 0 aliphatic rings. The van der Waals surface area contributed by atoms with Crippen molar-refractivity contribution in [3.05, 3.63) is 35.9 Å². The number of hydrogen-bond acceptors (Lipinski definition) is 2. The highest BCUT2D eigenvalue weighted by molar-refractivity contribution is 5.56. The van der Waals surface area contributed by atoms with Crippen molar-refractivity contribution in [1.82, 2.24) is 0 Å². The lowest BCUT2D eigenvalue weighted by molar-refractivity contribution is -0.0509. The number of ether oxygens (including phenoxy) is 1. The van der Waals surface area contributed by atoms with E-state index in [4.69, 9.17) is 5.11 Å².